The minimum absolute atomic E-state index is 0.564. The molecule has 2 atom stereocenters. The first kappa shape index (κ1) is 10.9. The summed E-state index contributed by atoms with van der Waals surface area (Å²) in [6.45, 7) is 2.31. The zero-order chi connectivity index (χ0) is 8.69. The highest BCUT2D eigenvalue weighted by Crippen LogP contribution is 2.24. The Hall–Kier alpha value is -0.0800. The van der Waals surface area contributed by atoms with Gasteiger partial charge in [-0.1, -0.05) is 19.8 Å². The maximum absolute atomic E-state index is 7.00. The van der Waals surface area contributed by atoms with E-state index in [1.165, 1.54) is 25.7 Å². The zero-order valence-corrected chi connectivity index (χ0v) is 7.84. The molecule has 1 fully saturated rings. The molecule has 1 N–H and O–H groups in total. The van der Waals surface area contributed by atoms with E-state index in [0.717, 1.165) is 13.0 Å². The molecule has 1 saturated carbocycles. The van der Waals surface area contributed by atoms with E-state index in [4.69, 9.17) is 9.84 Å². The van der Waals surface area contributed by atoms with Crippen molar-refractivity contribution in [3.63, 3.8) is 0 Å². The fraction of sp³-hybridized carbons (Fsp3) is 1.00. The molecule has 0 aromatic carbocycles. The summed E-state index contributed by atoms with van der Waals surface area (Å²) in [6.07, 6.45) is 5.88. The molecule has 1 aliphatic rings. The smallest absolute Gasteiger partial charge is 0.0573 e. The molecule has 2 heteroatoms. The van der Waals surface area contributed by atoms with Crippen molar-refractivity contribution >= 4 is 0 Å². The quantitative estimate of drug-likeness (QED) is 0.634. The summed E-state index contributed by atoms with van der Waals surface area (Å²) in [4.78, 5) is 0. The highest BCUT2D eigenvalue weighted by molar-refractivity contribution is 4.69. The molecule has 1 aliphatic carbocycles. The maximum Gasteiger partial charge on any atom is 0.0573 e. The summed E-state index contributed by atoms with van der Waals surface area (Å²) in [7, 11) is 2.82. The zero-order valence-electron chi connectivity index (χ0n) is 7.84. The Balaban J connectivity index is 0.000000461. The number of methoxy groups -OCH3 is 1. The van der Waals surface area contributed by atoms with Crippen LogP contribution in [0.15, 0.2) is 0 Å². The van der Waals surface area contributed by atoms with Gasteiger partial charge in [-0.25, -0.2) is 0 Å². The Bertz CT molecular complexity index is 83.6. The molecule has 2 nitrogen and oxygen atoms in total. The molecule has 0 spiro atoms. The van der Waals surface area contributed by atoms with Crippen LogP contribution in [-0.4, -0.2) is 25.4 Å². The molecule has 11 heavy (non-hydrogen) atoms. The van der Waals surface area contributed by atoms with Gasteiger partial charge in [-0.15, -0.1) is 0 Å². The van der Waals surface area contributed by atoms with Gasteiger partial charge >= 0.3 is 0 Å². The van der Waals surface area contributed by atoms with Gasteiger partial charge in [0.05, 0.1) is 6.10 Å². The molecule has 0 amide bonds. The molecule has 0 aromatic heterocycles. The highest BCUT2D eigenvalue weighted by atomic mass is 16.5. The lowest BCUT2D eigenvalue weighted by Crippen LogP contribution is -2.19. The van der Waals surface area contributed by atoms with Gasteiger partial charge in [0, 0.05) is 14.2 Å². The van der Waals surface area contributed by atoms with Gasteiger partial charge in [0.2, 0.25) is 0 Å². The van der Waals surface area contributed by atoms with E-state index in [1.807, 2.05) is 7.11 Å². The van der Waals surface area contributed by atoms with Gasteiger partial charge in [-0.2, -0.15) is 0 Å². The Morgan fingerprint density at radius 1 is 1.27 bits per heavy atom. The number of rotatable bonds is 1. The van der Waals surface area contributed by atoms with Crippen LogP contribution in [0.3, 0.4) is 0 Å². The molecule has 2 unspecified atom stereocenters. The second-order valence-corrected chi connectivity index (χ2v) is 3.13. The highest BCUT2D eigenvalue weighted by Gasteiger charge is 2.17. The summed E-state index contributed by atoms with van der Waals surface area (Å²) in [5.41, 5.74) is 0. The first-order valence-electron chi connectivity index (χ1n) is 4.30. The fourth-order valence-corrected chi connectivity index (χ4v) is 1.59. The summed E-state index contributed by atoms with van der Waals surface area (Å²) in [6, 6.07) is 0. The van der Waals surface area contributed by atoms with Crippen molar-refractivity contribution in [2.75, 3.05) is 14.2 Å². The van der Waals surface area contributed by atoms with E-state index in [-0.39, 0.29) is 0 Å². The maximum atomic E-state index is 7.00. The van der Waals surface area contributed by atoms with Crippen molar-refractivity contribution in [2.24, 2.45) is 5.92 Å². The van der Waals surface area contributed by atoms with Crippen LogP contribution in [0.2, 0.25) is 0 Å². The van der Waals surface area contributed by atoms with Crippen LogP contribution < -0.4 is 0 Å². The monoisotopic (exact) mass is 160 g/mol. The normalized spacial score (nSPS) is 30.5. The van der Waals surface area contributed by atoms with E-state index in [0.29, 0.717) is 6.10 Å². The van der Waals surface area contributed by atoms with Crippen LogP contribution >= 0.6 is 0 Å². The van der Waals surface area contributed by atoms with E-state index in [9.17, 15) is 0 Å². The van der Waals surface area contributed by atoms with Gasteiger partial charge in [-0.05, 0) is 18.8 Å². The third-order valence-electron chi connectivity index (χ3n) is 2.22. The van der Waals surface area contributed by atoms with Crippen molar-refractivity contribution < 1.29 is 9.84 Å². The van der Waals surface area contributed by atoms with Gasteiger partial charge in [0.15, 0.2) is 0 Å². The number of hydrogen-bond donors (Lipinski definition) is 1. The van der Waals surface area contributed by atoms with Crippen LogP contribution in [0.1, 0.15) is 32.6 Å². The number of aliphatic hydroxyl groups is 1. The van der Waals surface area contributed by atoms with Crippen molar-refractivity contribution in [1.29, 1.82) is 0 Å². The lowest BCUT2D eigenvalue weighted by Gasteiger charge is -2.25. The molecule has 1 rings (SSSR count). The lowest BCUT2D eigenvalue weighted by molar-refractivity contribution is 0.0542. The summed E-state index contributed by atoms with van der Waals surface area (Å²) < 4.78 is 5.26. The van der Waals surface area contributed by atoms with Crippen LogP contribution in [0, 0.1) is 5.92 Å². The van der Waals surface area contributed by atoms with E-state index in [1.54, 1.807) is 0 Å². The van der Waals surface area contributed by atoms with Crippen molar-refractivity contribution in [1.82, 2.24) is 0 Å². The Kier molecular flexibility index (Phi) is 6.57. The average molecular weight is 160 g/mol. The predicted octanol–water partition coefficient (Wildman–Crippen LogP) is 1.82. The minimum atomic E-state index is 0.564. The van der Waals surface area contributed by atoms with E-state index >= 15 is 0 Å². The van der Waals surface area contributed by atoms with Gasteiger partial charge in [0.25, 0.3) is 0 Å². The second kappa shape index (κ2) is 6.62. The van der Waals surface area contributed by atoms with Gasteiger partial charge < -0.3 is 9.84 Å². The van der Waals surface area contributed by atoms with Crippen LogP contribution in [0.4, 0.5) is 0 Å². The average Bonchev–Trinajstić information content (AvgIpc) is 2.08. The molecular formula is C9H20O2. The van der Waals surface area contributed by atoms with Crippen molar-refractivity contribution in [3.8, 4) is 0 Å². The third kappa shape index (κ3) is 4.38. The summed E-state index contributed by atoms with van der Waals surface area (Å²) >= 11 is 0. The fourth-order valence-electron chi connectivity index (χ4n) is 1.59. The Morgan fingerprint density at radius 3 is 2.27 bits per heavy atom. The lowest BCUT2D eigenvalue weighted by atomic mass is 9.89. The SMILES string of the molecule is CO.COC1CCCC(C)C1. The van der Waals surface area contributed by atoms with Crippen LogP contribution in [0.5, 0.6) is 0 Å². The minimum Gasteiger partial charge on any atom is -0.400 e. The molecule has 0 aromatic rings. The standard InChI is InChI=1S/C8H16O.CH4O/c1-7-4-3-5-8(6-7)9-2;1-2/h7-8H,3-6H2,1-2H3;2H,1H3. The molecule has 0 heterocycles. The second-order valence-electron chi connectivity index (χ2n) is 3.13. The summed E-state index contributed by atoms with van der Waals surface area (Å²) in [5, 5.41) is 7.00. The molecule has 0 aliphatic heterocycles. The van der Waals surface area contributed by atoms with Gasteiger partial charge in [-0.3, -0.25) is 0 Å². The number of ether oxygens (including phenoxy) is 1. The number of aliphatic hydroxyl groups excluding tert-OH is 1. The first-order chi connectivity index (χ1) is 5.33. The van der Waals surface area contributed by atoms with Crippen LogP contribution in [0.25, 0.3) is 0 Å². The van der Waals surface area contributed by atoms with E-state index < -0.39 is 0 Å². The van der Waals surface area contributed by atoms with Crippen molar-refractivity contribution in [2.45, 2.75) is 38.7 Å². The van der Waals surface area contributed by atoms with Crippen molar-refractivity contribution in [3.05, 3.63) is 0 Å². The largest absolute Gasteiger partial charge is 0.400 e. The Morgan fingerprint density at radius 2 is 1.91 bits per heavy atom. The topological polar surface area (TPSA) is 29.5 Å². The van der Waals surface area contributed by atoms with Gasteiger partial charge in [0.1, 0.15) is 0 Å². The number of hydrogen-bond acceptors (Lipinski definition) is 2. The van der Waals surface area contributed by atoms with E-state index in [2.05, 4.69) is 6.92 Å². The predicted molar refractivity (Wildman–Crippen MR) is 46.6 cm³/mol. The van der Waals surface area contributed by atoms with Crippen LogP contribution in [-0.2, 0) is 4.74 Å². The molecule has 0 radical (unpaired) electrons. The Labute approximate surface area is 69.6 Å². The summed E-state index contributed by atoms with van der Waals surface area (Å²) in [5.74, 6) is 0.892. The molecule has 0 bridgehead atoms. The third-order valence-corrected chi connectivity index (χ3v) is 2.22. The first-order valence-corrected chi connectivity index (χ1v) is 4.30. The molecule has 68 valence electrons. The molecule has 0 saturated heterocycles. The molecular weight excluding hydrogens is 140 g/mol.